The van der Waals surface area contributed by atoms with Gasteiger partial charge in [-0.2, -0.15) is 13.2 Å². The van der Waals surface area contributed by atoms with Crippen LogP contribution in [0, 0.1) is 5.82 Å². The third-order valence-corrected chi connectivity index (χ3v) is 8.37. The van der Waals surface area contributed by atoms with E-state index in [4.69, 9.17) is 0 Å². The van der Waals surface area contributed by atoms with Gasteiger partial charge >= 0.3 is 6.18 Å². The van der Waals surface area contributed by atoms with Gasteiger partial charge in [-0.05, 0) is 74.0 Å². The van der Waals surface area contributed by atoms with Crippen LogP contribution >= 0.6 is 11.9 Å². The maximum Gasteiger partial charge on any atom is 0.416 e. The van der Waals surface area contributed by atoms with Crippen LogP contribution < -0.4 is 0 Å². The van der Waals surface area contributed by atoms with E-state index in [2.05, 4.69) is 4.31 Å². The van der Waals surface area contributed by atoms with Crippen molar-refractivity contribution in [1.29, 1.82) is 0 Å². The normalized spacial score (nSPS) is 17.9. The summed E-state index contributed by atoms with van der Waals surface area (Å²) in [6.45, 7) is 0.743. The first kappa shape index (κ1) is 25.0. The van der Waals surface area contributed by atoms with E-state index in [0.717, 1.165) is 43.4 Å². The van der Waals surface area contributed by atoms with Crippen molar-refractivity contribution in [1.82, 2.24) is 9.21 Å². The van der Waals surface area contributed by atoms with Crippen LogP contribution in [0.3, 0.4) is 0 Å². The number of carbonyl (C=O) groups excluding carboxylic acids is 1. The number of hydrogen-bond acceptors (Lipinski definition) is 5. The highest BCUT2D eigenvalue weighted by Gasteiger charge is 2.38. The summed E-state index contributed by atoms with van der Waals surface area (Å²) < 4.78 is 79.2. The fourth-order valence-electron chi connectivity index (χ4n) is 4.10. The van der Waals surface area contributed by atoms with Crippen molar-refractivity contribution in [3.05, 3.63) is 59.4 Å². The summed E-state index contributed by atoms with van der Waals surface area (Å²) >= 11 is 1.32. The van der Waals surface area contributed by atoms with E-state index < -0.39 is 33.3 Å². The Hall–Kier alpha value is -2.11. The molecule has 0 aromatic heterocycles. The Balaban J connectivity index is 1.45. The zero-order valence-corrected chi connectivity index (χ0v) is 20.0. The third kappa shape index (κ3) is 5.75. The van der Waals surface area contributed by atoms with E-state index in [1.54, 1.807) is 11.0 Å². The average molecular weight is 517 g/mol. The largest absolute Gasteiger partial charge is 0.416 e. The van der Waals surface area contributed by atoms with Crippen LogP contribution in [-0.2, 0) is 16.0 Å². The molecule has 1 saturated heterocycles. The van der Waals surface area contributed by atoms with Gasteiger partial charge in [-0.15, -0.1) is 0 Å². The molecule has 0 N–H and O–H groups in total. The van der Waals surface area contributed by atoms with E-state index in [1.165, 1.54) is 24.1 Å². The van der Waals surface area contributed by atoms with Crippen molar-refractivity contribution in [3.8, 4) is 0 Å². The molecule has 1 aliphatic heterocycles. The van der Waals surface area contributed by atoms with Gasteiger partial charge in [-0.25, -0.2) is 17.1 Å². The minimum absolute atomic E-state index is 0.0558. The lowest BCUT2D eigenvalue weighted by Crippen LogP contribution is -2.45. The van der Waals surface area contributed by atoms with Crippen LogP contribution in [0.5, 0.6) is 0 Å². The number of carbonyl (C=O) groups is 1. The Morgan fingerprint density at radius 1 is 1.03 bits per heavy atom. The summed E-state index contributed by atoms with van der Waals surface area (Å²) in [4.78, 5) is 14.8. The van der Waals surface area contributed by atoms with Crippen LogP contribution in [-0.4, -0.2) is 55.0 Å². The number of rotatable bonds is 6. The molecule has 34 heavy (non-hydrogen) atoms. The Morgan fingerprint density at radius 2 is 1.68 bits per heavy atom. The van der Waals surface area contributed by atoms with E-state index in [9.17, 15) is 30.8 Å². The summed E-state index contributed by atoms with van der Waals surface area (Å²) in [6, 6.07) is 8.73. The summed E-state index contributed by atoms with van der Waals surface area (Å²) in [7, 11) is -3.79. The molecule has 0 unspecified atom stereocenters. The molecular weight excluding hydrogens is 492 g/mol. The monoisotopic (exact) mass is 516 g/mol. The smallest absolute Gasteiger partial charge is 0.338 e. The first-order valence-electron chi connectivity index (χ1n) is 10.9. The van der Waals surface area contributed by atoms with Gasteiger partial charge in [-0.3, -0.25) is 4.79 Å². The summed E-state index contributed by atoms with van der Waals surface area (Å²) in [5, 5.41) is 0. The zero-order valence-electron chi connectivity index (χ0n) is 18.4. The number of alkyl halides is 3. The van der Waals surface area contributed by atoms with Crippen molar-refractivity contribution < 1.29 is 30.8 Å². The molecule has 1 saturated carbocycles. The Labute approximate surface area is 200 Å². The molecule has 2 aromatic carbocycles. The summed E-state index contributed by atoms with van der Waals surface area (Å²) in [6.07, 6.45) is -0.328. The standard InChI is InChI=1S/C23H24F4N2O3S2/c1-34(31,32)21-14-16(24)5-8-20(21)22(30)28-11-9-18(10-12-28)29(17-6-7-17)33-19-4-2-3-15(13-19)23(25,26)27/h2-5,8,13-14,17-18H,6-7,9-12H2,1H3. The molecule has 0 spiro atoms. The van der Waals surface area contributed by atoms with Crippen LogP contribution in [0.15, 0.2) is 52.3 Å². The highest BCUT2D eigenvalue weighted by Crippen LogP contribution is 2.41. The highest BCUT2D eigenvalue weighted by molar-refractivity contribution is 7.97. The molecule has 1 amide bonds. The first-order chi connectivity index (χ1) is 15.9. The lowest BCUT2D eigenvalue weighted by atomic mass is 10.0. The second-order valence-corrected chi connectivity index (χ2v) is 11.7. The molecule has 0 bridgehead atoms. The molecule has 2 fully saturated rings. The van der Waals surface area contributed by atoms with Crippen molar-refractivity contribution >= 4 is 27.7 Å². The van der Waals surface area contributed by atoms with Crippen LogP contribution in [0.2, 0.25) is 0 Å². The van der Waals surface area contributed by atoms with E-state index in [0.29, 0.717) is 30.8 Å². The number of nitrogens with zero attached hydrogens (tertiary/aromatic N) is 2. The molecule has 0 atom stereocenters. The van der Waals surface area contributed by atoms with Crippen molar-refractivity contribution in [2.45, 2.75) is 53.7 Å². The van der Waals surface area contributed by atoms with Crippen LogP contribution in [0.25, 0.3) is 0 Å². The second kappa shape index (κ2) is 9.50. The van der Waals surface area contributed by atoms with Crippen molar-refractivity contribution in [3.63, 3.8) is 0 Å². The molecule has 1 heterocycles. The molecular formula is C23H24F4N2O3S2. The maximum absolute atomic E-state index is 13.6. The lowest BCUT2D eigenvalue weighted by molar-refractivity contribution is -0.137. The predicted octanol–water partition coefficient (Wildman–Crippen LogP) is 5.02. The molecule has 0 radical (unpaired) electrons. The molecule has 5 nitrogen and oxygen atoms in total. The van der Waals surface area contributed by atoms with Crippen LogP contribution in [0.4, 0.5) is 17.6 Å². The van der Waals surface area contributed by atoms with Gasteiger partial charge in [0.05, 0.1) is 16.0 Å². The number of sulfone groups is 1. The van der Waals surface area contributed by atoms with E-state index >= 15 is 0 Å². The minimum atomic E-state index is -4.40. The predicted molar refractivity (Wildman–Crippen MR) is 121 cm³/mol. The lowest BCUT2D eigenvalue weighted by Gasteiger charge is -2.38. The number of amides is 1. The van der Waals surface area contributed by atoms with Gasteiger partial charge in [0.1, 0.15) is 5.82 Å². The topological polar surface area (TPSA) is 57.7 Å². The molecule has 11 heteroatoms. The molecule has 4 rings (SSSR count). The molecule has 184 valence electrons. The van der Waals surface area contributed by atoms with Crippen LogP contribution in [0.1, 0.15) is 41.6 Å². The number of benzene rings is 2. The third-order valence-electron chi connectivity index (χ3n) is 5.96. The number of likely N-dealkylation sites (tertiary alicyclic amines) is 1. The molecule has 2 aromatic rings. The van der Waals surface area contributed by atoms with Gasteiger partial charge in [0, 0.05) is 36.3 Å². The fraction of sp³-hybridized carbons (Fsp3) is 0.435. The Kier molecular flexibility index (Phi) is 6.99. The quantitative estimate of drug-likeness (QED) is 0.399. The first-order valence-corrected chi connectivity index (χ1v) is 13.5. The number of hydrogen-bond donors (Lipinski definition) is 0. The molecule has 1 aliphatic carbocycles. The van der Waals surface area contributed by atoms with E-state index in [-0.39, 0.29) is 22.5 Å². The van der Waals surface area contributed by atoms with Gasteiger partial charge in [0.15, 0.2) is 9.84 Å². The van der Waals surface area contributed by atoms with Gasteiger partial charge < -0.3 is 4.90 Å². The summed E-state index contributed by atoms with van der Waals surface area (Å²) in [5.41, 5.74) is -0.741. The van der Waals surface area contributed by atoms with Gasteiger partial charge in [-0.1, -0.05) is 6.07 Å². The van der Waals surface area contributed by atoms with E-state index in [1.807, 2.05) is 0 Å². The fourth-order valence-corrected chi connectivity index (χ4v) is 6.26. The SMILES string of the molecule is CS(=O)(=O)c1cc(F)ccc1C(=O)N1CCC(N(Sc2cccc(C(F)(F)F)c2)C2CC2)CC1. The maximum atomic E-state index is 13.6. The number of halogens is 4. The Morgan fingerprint density at radius 3 is 2.26 bits per heavy atom. The van der Waals surface area contributed by atoms with Crippen molar-refractivity contribution in [2.24, 2.45) is 0 Å². The van der Waals surface area contributed by atoms with Crippen molar-refractivity contribution in [2.75, 3.05) is 19.3 Å². The average Bonchev–Trinajstić information content (AvgIpc) is 3.61. The molecule has 2 aliphatic rings. The highest BCUT2D eigenvalue weighted by atomic mass is 32.2. The minimum Gasteiger partial charge on any atom is -0.338 e. The zero-order chi connectivity index (χ0) is 24.7. The second-order valence-electron chi connectivity index (χ2n) is 8.64. The number of piperidine rings is 1. The van der Waals surface area contributed by atoms with Gasteiger partial charge in [0.25, 0.3) is 5.91 Å². The Bertz CT molecular complexity index is 1170. The van der Waals surface area contributed by atoms with Gasteiger partial charge in [0.2, 0.25) is 0 Å². The summed E-state index contributed by atoms with van der Waals surface area (Å²) in [5.74, 6) is -1.20.